The topological polar surface area (TPSA) is 180 Å². The molecule has 7 unspecified atom stereocenters. The van der Waals surface area contributed by atoms with Crippen LogP contribution in [0.1, 0.15) is 17.0 Å². The number of allylic oxidation sites excluding steroid dienone is 1. The van der Waals surface area contributed by atoms with E-state index < -0.39 is 65.6 Å². The molecule has 2 fully saturated rings. The molecule has 6 rings (SSSR count). The molecule has 4 aliphatic rings. The van der Waals surface area contributed by atoms with Crippen molar-refractivity contribution in [2.24, 2.45) is 17.8 Å². The Balaban J connectivity index is 1.36. The number of aliphatic hydroxyl groups is 1. The number of hydrogen-bond donors (Lipinski definition) is 5. The molecule has 0 radical (unpaired) electrons. The number of methoxy groups -OCH3 is 1. The first-order chi connectivity index (χ1) is 18.6. The molecule has 11 heteroatoms. The Bertz CT molecular complexity index is 1390. The molecule has 2 aromatic carbocycles. The van der Waals surface area contributed by atoms with Crippen LogP contribution in [0.25, 0.3) is 0 Å². The Morgan fingerprint density at radius 2 is 1.67 bits per heavy atom. The first-order valence-corrected chi connectivity index (χ1v) is 12.2. The lowest BCUT2D eigenvalue weighted by Gasteiger charge is -2.46. The zero-order valence-electron chi connectivity index (χ0n) is 20.6. The number of aliphatic hydroxyl groups excluding tert-OH is 1. The molecule has 1 aliphatic heterocycles. The minimum Gasteiger partial charge on any atom is -0.504 e. The van der Waals surface area contributed by atoms with Gasteiger partial charge >= 0.3 is 17.9 Å². The van der Waals surface area contributed by atoms with E-state index in [9.17, 15) is 39.9 Å². The van der Waals surface area contributed by atoms with Crippen molar-refractivity contribution < 1.29 is 54.1 Å². The van der Waals surface area contributed by atoms with Gasteiger partial charge in [0.1, 0.15) is 6.10 Å². The molecule has 1 saturated heterocycles. The lowest BCUT2D eigenvalue weighted by atomic mass is 9.56. The van der Waals surface area contributed by atoms with Gasteiger partial charge in [-0.05, 0) is 41.0 Å². The van der Waals surface area contributed by atoms with Crippen molar-refractivity contribution in [3.8, 4) is 23.0 Å². The highest BCUT2D eigenvalue weighted by molar-refractivity contribution is 5.86. The van der Waals surface area contributed by atoms with Crippen LogP contribution in [0, 0.1) is 17.8 Å². The molecule has 204 valence electrons. The lowest BCUT2D eigenvalue weighted by Crippen LogP contribution is -2.51. The summed E-state index contributed by atoms with van der Waals surface area (Å²) in [6, 6.07) is 8.19. The molecule has 0 amide bonds. The standard InChI is InChI=1S/C28H26O11/c1-37-27(35)20(9-12-2-5-16(29)18(31)8-12)38-21(33)7-4-13-10-15-22(14-3-6-17(30)19(32)11-14)24-23(13)26(25(15)34)39-28(24)36/h2-8,10-11,15,20,22-26,29-32,34H,9H2,1H3. The van der Waals surface area contributed by atoms with Crippen molar-refractivity contribution in [3.05, 3.63) is 71.3 Å². The quantitative estimate of drug-likeness (QED) is 0.149. The van der Waals surface area contributed by atoms with Crippen molar-refractivity contribution in [1.82, 2.24) is 0 Å². The van der Waals surface area contributed by atoms with E-state index in [1.807, 2.05) is 0 Å². The Morgan fingerprint density at radius 1 is 0.974 bits per heavy atom. The van der Waals surface area contributed by atoms with Crippen LogP contribution in [0.3, 0.4) is 0 Å². The van der Waals surface area contributed by atoms with Gasteiger partial charge in [-0.25, -0.2) is 9.59 Å². The van der Waals surface area contributed by atoms with Gasteiger partial charge in [-0.3, -0.25) is 4.79 Å². The molecule has 3 aliphatic carbocycles. The van der Waals surface area contributed by atoms with E-state index in [0.29, 0.717) is 16.7 Å². The summed E-state index contributed by atoms with van der Waals surface area (Å²) in [5, 5.41) is 49.8. The molecule has 2 aromatic rings. The van der Waals surface area contributed by atoms with Gasteiger partial charge in [-0.15, -0.1) is 0 Å². The first-order valence-electron chi connectivity index (χ1n) is 12.2. The largest absolute Gasteiger partial charge is 0.504 e. The number of benzene rings is 2. The van der Waals surface area contributed by atoms with Crippen LogP contribution >= 0.6 is 0 Å². The molecule has 0 spiro atoms. The molecule has 39 heavy (non-hydrogen) atoms. The Hall–Kier alpha value is -4.51. The summed E-state index contributed by atoms with van der Waals surface area (Å²) in [4.78, 5) is 37.7. The SMILES string of the molecule is COC(=O)C(Cc1ccc(O)c(O)c1)OC(=O)C=CC1=CC2C(O)C3OC(=O)C(C13)C2c1ccc(O)c(O)c1. The average Bonchev–Trinajstić information content (AvgIpc) is 3.22. The van der Waals surface area contributed by atoms with Crippen LogP contribution in [-0.4, -0.2) is 68.9 Å². The number of carbonyl (C=O) groups excluding carboxylic acids is 3. The number of carbonyl (C=O) groups is 3. The second kappa shape index (κ2) is 9.99. The molecule has 7 atom stereocenters. The van der Waals surface area contributed by atoms with Crippen LogP contribution < -0.4 is 0 Å². The smallest absolute Gasteiger partial charge is 0.347 e. The fourth-order valence-corrected chi connectivity index (χ4v) is 5.79. The molecule has 0 aromatic heterocycles. The van der Waals surface area contributed by atoms with E-state index in [4.69, 9.17) is 14.2 Å². The Morgan fingerprint density at radius 3 is 2.33 bits per heavy atom. The zero-order valence-corrected chi connectivity index (χ0v) is 20.6. The van der Waals surface area contributed by atoms with E-state index in [1.54, 1.807) is 12.1 Å². The third-order valence-electron chi connectivity index (χ3n) is 7.55. The second-order valence-corrected chi connectivity index (χ2v) is 9.77. The van der Waals surface area contributed by atoms with Gasteiger partial charge in [0.05, 0.1) is 19.1 Å². The van der Waals surface area contributed by atoms with Gasteiger partial charge in [0.15, 0.2) is 23.0 Å². The van der Waals surface area contributed by atoms with Crippen LogP contribution in [0.4, 0.5) is 0 Å². The van der Waals surface area contributed by atoms with Gasteiger partial charge in [0.2, 0.25) is 6.10 Å². The fraction of sp³-hybridized carbons (Fsp3) is 0.321. The van der Waals surface area contributed by atoms with Crippen molar-refractivity contribution in [1.29, 1.82) is 0 Å². The fourth-order valence-electron chi connectivity index (χ4n) is 5.79. The predicted octanol–water partition coefficient (Wildman–Crippen LogP) is 1.56. The lowest BCUT2D eigenvalue weighted by molar-refractivity contribution is -0.162. The Labute approximate surface area is 222 Å². The number of rotatable bonds is 7. The number of phenolic OH excluding ortho intramolecular Hbond substituents is 4. The maximum absolute atomic E-state index is 12.8. The first kappa shape index (κ1) is 26.1. The van der Waals surface area contributed by atoms with Gasteiger partial charge in [-0.1, -0.05) is 24.3 Å². The minimum absolute atomic E-state index is 0.118. The zero-order chi connectivity index (χ0) is 28.0. The highest BCUT2D eigenvalue weighted by Crippen LogP contribution is 2.58. The minimum atomic E-state index is -1.33. The van der Waals surface area contributed by atoms with Crippen LogP contribution in [0.2, 0.25) is 0 Å². The monoisotopic (exact) mass is 538 g/mol. The summed E-state index contributed by atoms with van der Waals surface area (Å²) < 4.78 is 15.5. The predicted molar refractivity (Wildman–Crippen MR) is 131 cm³/mol. The molecular formula is C28H26O11. The van der Waals surface area contributed by atoms with E-state index >= 15 is 0 Å². The van der Waals surface area contributed by atoms with Gasteiger partial charge in [-0.2, -0.15) is 0 Å². The maximum atomic E-state index is 12.8. The maximum Gasteiger partial charge on any atom is 0.347 e. The van der Waals surface area contributed by atoms with E-state index in [-0.39, 0.29) is 23.7 Å². The van der Waals surface area contributed by atoms with Crippen molar-refractivity contribution >= 4 is 17.9 Å². The van der Waals surface area contributed by atoms with Crippen molar-refractivity contribution in [2.75, 3.05) is 7.11 Å². The molecule has 5 N–H and O–H groups in total. The van der Waals surface area contributed by atoms with Gasteiger partial charge < -0.3 is 39.7 Å². The van der Waals surface area contributed by atoms with Gasteiger partial charge in [0.25, 0.3) is 0 Å². The van der Waals surface area contributed by atoms with Crippen LogP contribution in [0.15, 0.2) is 60.2 Å². The number of esters is 3. The Kier molecular flexibility index (Phi) is 6.69. The molecular weight excluding hydrogens is 512 g/mol. The highest BCUT2D eigenvalue weighted by atomic mass is 16.6. The van der Waals surface area contributed by atoms with Gasteiger partial charge in [0, 0.05) is 30.3 Å². The summed E-state index contributed by atoms with van der Waals surface area (Å²) in [5.41, 5.74) is 1.55. The molecule has 4 bridgehead atoms. The number of ether oxygens (including phenoxy) is 3. The van der Waals surface area contributed by atoms with Crippen molar-refractivity contribution in [2.45, 2.75) is 30.7 Å². The third-order valence-corrected chi connectivity index (χ3v) is 7.55. The number of phenols is 4. The van der Waals surface area contributed by atoms with Crippen LogP contribution in [-0.2, 0) is 35.0 Å². The van der Waals surface area contributed by atoms with E-state index in [2.05, 4.69) is 0 Å². The summed E-state index contributed by atoms with van der Waals surface area (Å²) >= 11 is 0. The number of hydrogen-bond acceptors (Lipinski definition) is 11. The second-order valence-electron chi connectivity index (χ2n) is 9.77. The average molecular weight is 539 g/mol. The van der Waals surface area contributed by atoms with Crippen LogP contribution in [0.5, 0.6) is 23.0 Å². The normalized spacial score (nSPS) is 27.6. The summed E-state index contributed by atoms with van der Waals surface area (Å²) in [7, 11) is 1.14. The highest BCUT2D eigenvalue weighted by Gasteiger charge is 2.63. The molecule has 11 nitrogen and oxygen atoms in total. The summed E-state index contributed by atoms with van der Waals surface area (Å²) in [6.07, 6.45) is 1.05. The third kappa shape index (κ3) is 4.65. The molecule has 1 saturated carbocycles. The van der Waals surface area contributed by atoms with E-state index in [1.165, 1.54) is 36.4 Å². The molecule has 1 heterocycles. The van der Waals surface area contributed by atoms with Crippen molar-refractivity contribution in [3.63, 3.8) is 0 Å². The summed E-state index contributed by atoms with van der Waals surface area (Å²) in [6.45, 7) is 0. The van der Waals surface area contributed by atoms with E-state index in [0.717, 1.165) is 13.2 Å². The number of aromatic hydroxyl groups is 4. The summed E-state index contributed by atoms with van der Waals surface area (Å²) in [5.74, 6) is -5.91.